The van der Waals surface area contributed by atoms with Gasteiger partial charge in [-0.25, -0.2) is 0 Å². The molecule has 5 aliphatic rings. The molecule has 34 heavy (non-hydrogen) atoms. The van der Waals surface area contributed by atoms with Crippen LogP contribution in [-0.4, -0.2) is 36.1 Å². The van der Waals surface area contributed by atoms with Crippen molar-refractivity contribution in [2.24, 2.45) is 44.3 Å². The Balaban J connectivity index is 1.60. The lowest BCUT2D eigenvalue weighted by Crippen LogP contribution is -2.65. The van der Waals surface area contributed by atoms with Crippen LogP contribution >= 0.6 is 0 Å². The van der Waals surface area contributed by atoms with Crippen molar-refractivity contribution in [2.45, 2.75) is 125 Å². The predicted molar refractivity (Wildman–Crippen MR) is 138 cm³/mol. The molecule has 0 radical (unpaired) electrons. The van der Waals surface area contributed by atoms with Crippen LogP contribution in [0.25, 0.3) is 0 Å². The van der Waals surface area contributed by atoms with Crippen LogP contribution in [0.5, 0.6) is 0 Å². The van der Waals surface area contributed by atoms with Gasteiger partial charge in [0.05, 0.1) is 18.8 Å². The second kappa shape index (κ2) is 7.57. The zero-order valence-electron chi connectivity index (χ0n) is 23.4. The van der Waals surface area contributed by atoms with E-state index in [-0.39, 0.29) is 39.8 Å². The van der Waals surface area contributed by atoms with E-state index >= 15 is 0 Å². The Morgan fingerprint density at radius 2 is 1.56 bits per heavy atom. The van der Waals surface area contributed by atoms with E-state index in [9.17, 15) is 10.2 Å². The number of hydrogen-bond donors (Lipinski definition) is 2. The molecule has 4 fully saturated rings. The third kappa shape index (κ3) is 2.99. The maximum atomic E-state index is 11.0. The second-order valence-electron chi connectivity index (χ2n) is 15.3. The summed E-state index contributed by atoms with van der Waals surface area (Å²) in [5.41, 5.74) is 4.41. The third-order valence-corrected chi connectivity index (χ3v) is 13.4. The molecule has 0 spiro atoms. The molecule has 0 aromatic rings. The van der Waals surface area contributed by atoms with Gasteiger partial charge < -0.3 is 14.9 Å². The summed E-state index contributed by atoms with van der Waals surface area (Å²) < 4.78 is 6.19. The summed E-state index contributed by atoms with van der Waals surface area (Å²) in [7, 11) is 1.93. The summed E-state index contributed by atoms with van der Waals surface area (Å²) in [4.78, 5) is 0. The molecule has 1 unspecified atom stereocenters. The predicted octanol–water partition coefficient (Wildman–Crippen LogP) is 6.91. The fourth-order valence-corrected chi connectivity index (χ4v) is 11.0. The van der Waals surface area contributed by atoms with Gasteiger partial charge in [-0.1, -0.05) is 59.6 Å². The van der Waals surface area contributed by atoms with E-state index in [2.05, 4.69) is 48.5 Å². The van der Waals surface area contributed by atoms with Crippen LogP contribution in [-0.2, 0) is 4.74 Å². The van der Waals surface area contributed by atoms with Gasteiger partial charge in [0.15, 0.2) is 0 Å². The first-order valence-corrected chi connectivity index (χ1v) is 14.3. The lowest BCUT2D eigenvalue weighted by molar-refractivity contribution is -0.217. The summed E-state index contributed by atoms with van der Waals surface area (Å²) in [5.74, 6) is 1.07. The van der Waals surface area contributed by atoms with Crippen molar-refractivity contribution < 1.29 is 14.9 Å². The highest BCUT2D eigenvalue weighted by molar-refractivity contribution is 5.39. The standard InChI is InChI=1S/C31H52O3/c1-26(2)17-21-20-9-10-23-28(4)13-12-24(33)29(5,19-32)22(28)11-14-31(23,7)30(20,6)16-15-27(21,3)25(18-26)34-8/h22-25,32-33H,9-19H2,1-8H3/t22?,23-,24+,25-,27-,28+,29-,30-,31-/m1/s1. The molecule has 0 aromatic heterocycles. The van der Waals surface area contributed by atoms with E-state index in [1.165, 1.54) is 38.5 Å². The highest BCUT2D eigenvalue weighted by atomic mass is 16.5. The Kier molecular flexibility index (Phi) is 5.63. The molecule has 0 aromatic carbocycles. The topological polar surface area (TPSA) is 49.7 Å². The molecule has 3 nitrogen and oxygen atoms in total. The van der Waals surface area contributed by atoms with Gasteiger partial charge in [0, 0.05) is 17.9 Å². The number of aliphatic hydroxyl groups is 2. The fourth-order valence-electron chi connectivity index (χ4n) is 11.0. The zero-order valence-corrected chi connectivity index (χ0v) is 23.4. The summed E-state index contributed by atoms with van der Waals surface area (Å²) in [6.07, 6.45) is 11.7. The molecule has 4 saturated carbocycles. The number of fused-ring (bicyclic) bond motifs is 6. The maximum Gasteiger partial charge on any atom is 0.0667 e. The van der Waals surface area contributed by atoms with Gasteiger partial charge in [0.1, 0.15) is 0 Å². The summed E-state index contributed by atoms with van der Waals surface area (Å²) in [6, 6.07) is 0. The highest BCUT2D eigenvalue weighted by Gasteiger charge is 2.68. The summed E-state index contributed by atoms with van der Waals surface area (Å²) in [5, 5.41) is 21.4. The number of allylic oxidation sites excluding steroid dienone is 1. The van der Waals surface area contributed by atoms with Crippen LogP contribution in [0.15, 0.2) is 11.1 Å². The number of aliphatic hydroxyl groups excluding tert-OH is 2. The molecular formula is C31H52O3. The van der Waals surface area contributed by atoms with Crippen molar-refractivity contribution in [3.63, 3.8) is 0 Å². The second-order valence-corrected chi connectivity index (χ2v) is 15.3. The smallest absolute Gasteiger partial charge is 0.0667 e. The molecule has 0 heterocycles. The molecule has 194 valence electrons. The van der Waals surface area contributed by atoms with E-state index in [1.54, 1.807) is 11.1 Å². The average molecular weight is 473 g/mol. The number of rotatable bonds is 2. The molecule has 0 saturated heterocycles. The average Bonchev–Trinajstić information content (AvgIpc) is 2.77. The van der Waals surface area contributed by atoms with E-state index in [4.69, 9.17) is 4.74 Å². The van der Waals surface area contributed by atoms with E-state index in [0.29, 0.717) is 23.4 Å². The molecule has 5 aliphatic carbocycles. The minimum absolute atomic E-state index is 0.107. The SMILES string of the molecule is CO[C@@H]1CC(C)(C)CC2=C3CC[C@@H]4[C@@]5(C)CC[C@H](O)[C@](C)(CO)C5CC[C@@]4(C)[C@]3(C)CC[C@]21C. The van der Waals surface area contributed by atoms with Crippen LogP contribution in [0.1, 0.15) is 113 Å². The van der Waals surface area contributed by atoms with Gasteiger partial charge >= 0.3 is 0 Å². The molecular weight excluding hydrogens is 420 g/mol. The highest BCUT2D eigenvalue weighted by Crippen LogP contribution is 2.75. The number of hydrogen-bond acceptors (Lipinski definition) is 3. The van der Waals surface area contributed by atoms with Gasteiger partial charge in [-0.2, -0.15) is 0 Å². The quantitative estimate of drug-likeness (QED) is 0.429. The monoisotopic (exact) mass is 472 g/mol. The van der Waals surface area contributed by atoms with Crippen molar-refractivity contribution in [3.05, 3.63) is 11.1 Å². The third-order valence-electron chi connectivity index (χ3n) is 13.4. The minimum Gasteiger partial charge on any atom is -0.396 e. The molecule has 3 heteroatoms. The van der Waals surface area contributed by atoms with E-state index in [1.807, 2.05) is 7.11 Å². The van der Waals surface area contributed by atoms with Crippen LogP contribution in [0.3, 0.4) is 0 Å². The van der Waals surface area contributed by atoms with Gasteiger partial charge in [0.25, 0.3) is 0 Å². The molecule has 0 aliphatic heterocycles. The molecule has 2 N–H and O–H groups in total. The lowest BCUT2D eigenvalue weighted by Gasteiger charge is -2.71. The Morgan fingerprint density at radius 3 is 2.21 bits per heavy atom. The fraction of sp³-hybridized carbons (Fsp3) is 0.935. The van der Waals surface area contributed by atoms with Crippen LogP contribution < -0.4 is 0 Å². The first-order chi connectivity index (χ1) is 15.7. The van der Waals surface area contributed by atoms with Crippen molar-refractivity contribution in [1.82, 2.24) is 0 Å². The van der Waals surface area contributed by atoms with Crippen molar-refractivity contribution in [3.8, 4) is 0 Å². The summed E-state index contributed by atoms with van der Waals surface area (Å²) in [6.45, 7) is 17.5. The normalized spacial score (nSPS) is 54.5. The van der Waals surface area contributed by atoms with E-state index in [0.717, 1.165) is 25.7 Å². The van der Waals surface area contributed by atoms with Crippen molar-refractivity contribution >= 4 is 0 Å². The first-order valence-electron chi connectivity index (χ1n) is 14.3. The number of methoxy groups -OCH3 is 1. The molecule has 0 bridgehead atoms. The number of ether oxygens (including phenoxy) is 1. The van der Waals surface area contributed by atoms with Crippen LogP contribution in [0, 0.1) is 44.3 Å². The van der Waals surface area contributed by atoms with Gasteiger partial charge in [-0.15, -0.1) is 0 Å². The van der Waals surface area contributed by atoms with Gasteiger partial charge in [0.2, 0.25) is 0 Å². The molecule has 0 amide bonds. The van der Waals surface area contributed by atoms with Crippen LogP contribution in [0.4, 0.5) is 0 Å². The Morgan fingerprint density at radius 1 is 0.853 bits per heavy atom. The Labute approximate surface area is 209 Å². The first kappa shape index (κ1) is 25.3. The van der Waals surface area contributed by atoms with Gasteiger partial charge in [-0.3, -0.25) is 0 Å². The van der Waals surface area contributed by atoms with Crippen molar-refractivity contribution in [1.29, 1.82) is 0 Å². The van der Waals surface area contributed by atoms with Crippen molar-refractivity contribution in [2.75, 3.05) is 13.7 Å². The lowest BCUT2D eigenvalue weighted by atomic mass is 9.34. The summed E-state index contributed by atoms with van der Waals surface area (Å²) >= 11 is 0. The largest absolute Gasteiger partial charge is 0.396 e. The van der Waals surface area contributed by atoms with E-state index < -0.39 is 0 Å². The molecule has 5 rings (SSSR count). The Hall–Kier alpha value is -0.380. The minimum atomic E-state index is -0.373. The van der Waals surface area contributed by atoms with Gasteiger partial charge in [-0.05, 0) is 97.7 Å². The maximum absolute atomic E-state index is 11.0. The van der Waals surface area contributed by atoms with Crippen LogP contribution in [0.2, 0.25) is 0 Å². The Bertz CT molecular complexity index is 876. The zero-order chi connectivity index (χ0) is 24.9. The molecule has 9 atom stereocenters.